The zero-order valence-corrected chi connectivity index (χ0v) is 14.1. The van der Waals surface area contributed by atoms with Gasteiger partial charge in [0.2, 0.25) is 0 Å². The number of aliphatic carboxylic acids is 1. The Morgan fingerprint density at radius 1 is 1.42 bits per heavy atom. The first-order valence-corrected chi connectivity index (χ1v) is 8.25. The topological polar surface area (TPSA) is 88.2 Å². The van der Waals surface area contributed by atoms with E-state index in [1.165, 1.54) is 17.3 Å². The second kappa shape index (κ2) is 6.18. The summed E-state index contributed by atoms with van der Waals surface area (Å²) in [6, 6.07) is 7.43. The van der Waals surface area contributed by atoms with Gasteiger partial charge in [0, 0.05) is 5.02 Å². The van der Waals surface area contributed by atoms with Gasteiger partial charge in [-0.25, -0.2) is 4.98 Å². The molecule has 7 heteroatoms. The number of carboxylic acids is 1. The van der Waals surface area contributed by atoms with Gasteiger partial charge >= 0.3 is 5.97 Å². The largest absolute Gasteiger partial charge is 0.481 e. The molecule has 1 fully saturated rings. The molecule has 3 rings (SSSR count). The Balaban J connectivity index is 1.92. The summed E-state index contributed by atoms with van der Waals surface area (Å²) >= 11 is 5.92. The molecule has 1 aliphatic carbocycles. The minimum absolute atomic E-state index is 0.105. The summed E-state index contributed by atoms with van der Waals surface area (Å²) in [6.45, 7) is 1.72. The van der Waals surface area contributed by atoms with E-state index < -0.39 is 17.0 Å². The van der Waals surface area contributed by atoms with Crippen LogP contribution in [0.5, 0.6) is 0 Å². The number of nitrogens with zero attached hydrogens (tertiary/aromatic N) is 3. The molecule has 3 atom stereocenters. The molecule has 0 saturated heterocycles. The average Bonchev–Trinajstić information content (AvgIpc) is 3.12. The molecule has 0 radical (unpaired) electrons. The summed E-state index contributed by atoms with van der Waals surface area (Å²) in [7, 11) is 0. The molecule has 1 heterocycles. The smallest absolute Gasteiger partial charge is 0.312 e. The number of hydrogen-bond acceptors (Lipinski definition) is 4. The number of aromatic nitrogens is 3. The van der Waals surface area contributed by atoms with E-state index in [1.807, 2.05) is 12.1 Å². The van der Waals surface area contributed by atoms with Crippen LogP contribution >= 0.6 is 11.6 Å². The molecule has 0 aliphatic heterocycles. The lowest BCUT2D eigenvalue weighted by molar-refractivity contribution is -0.169. The zero-order valence-electron chi connectivity index (χ0n) is 13.4. The molecule has 1 aromatic carbocycles. The highest BCUT2D eigenvalue weighted by Gasteiger charge is 2.61. The number of benzene rings is 1. The molecule has 1 saturated carbocycles. The number of hydrogen-bond donors (Lipinski definition) is 2. The van der Waals surface area contributed by atoms with E-state index in [1.54, 1.807) is 19.1 Å². The Hall–Kier alpha value is -1.92. The van der Waals surface area contributed by atoms with Crippen LogP contribution in [0.4, 0.5) is 0 Å². The van der Waals surface area contributed by atoms with Crippen LogP contribution in [0.15, 0.2) is 36.9 Å². The van der Waals surface area contributed by atoms with Crippen molar-refractivity contribution < 1.29 is 15.0 Å². The fourth-order valence-electron chi connectivity index (χ4n) is 3.70. The fraction of sp³-hybridized carbons (Fsp3) is 0.471. The number of aliphatic hydroxyl groups is 1. The Labute approximate surface area is 145 Å². The molecule has 0 spiro atoms. The second-order valence-corrected chi connectivity index (χ2v) is 7.16. The van der Waals surface area contributed by atoms with Crippen molar-refractivity contribution in [3.63, 3.8) is 0 Å². The summed E-state index contributed by atoms with van der Waals surface area (Å²) in [5, 5.41) is 25.9. The highest BCUT2D eigenvalue weighted by Crippen LogP contribution is 2.52. The van der Waals surface area contributed by atoms with Gasteiger partial charge in [-0.1, -0.05) is 23.7 Å². The summed E-state index contributed by atoms with van der Waals surface area (Å²) in [5.74, 6) is -1.17. The third-order valence-corrected chi connectivity index (χ3v) is 5.61. The molecule has 0 amide bonds. The van der Waals surface area contributed by atoms with Gasteiger partial charge in [0.25, 0.3) is 0 Å². The summed E-state index contributed by atoms with van der Waals surface area (Å²) in [6.07, 6.45) is 4.52. The number of carboxylic acid groups (broad SMARTS) is 1. The minimum atomic E-state index is -1.41. The predicted octanol–water partition coefficient (Wildman–Crippen LogP) is 2.41. The van der Waals surface area contributed by atoms with Crippen molar-refractivity contribution in [1.82, 2.24) is 14.8 Å². The van der Waals surface area contributed by atoms with Gasteiger partial charge in [-0.05, 0) is 49.8 Å². The van der Waals surface area contributed by atoms with Crippen molar-refractivity contribution in [1.29, 1.82) is 0 Å². The number of rotatable bonds is 5. The van der Waals surface area contributed by atoms with Crippen LogP contribution in [-0.4, -0.2) is 36.5 Å². The number of halogens is 1. The minimum Gasteiger partial charge on any atom is -0.481 e. The van der Waals surface area contributed by atoms with E-state index in [4.69, 9.17) is 11.6 Å². The molecule has 0 bridgehead atoms. The van der Waals surface area contributed by atoms with Crippen molar-refractivity contribution in [2.45, 2.75) is 38.3 Å². The van der Waals surface area contributed by atoms with Crippen LogP contribution in [-0.2, 0) is 17.8 Å². The first-order chi connectivity index (χ1) is 11.3. The Bertz CT molecular complexity index is 719. The van der Waals surface area contributed by atoms with Gasteiger partial charge in [0.05, 0.1) is 12.0 Å². The van der Waals surface area contributed by atoms with E-state index in [2.05, 4.69) is 10.1 Å². The SMILES string of the molecule is C[C@]1(C(=O)O)CC[C@H](Cc2ccc(Cl)cc2)[C@]1(O)Cn1cncn1. The average molecular weight is 350 g/mol. The van der Waals surface area contributed by atoms with Gasteiger partial charge in [-0.2, -0.15) is 5.10 Å². The summed E-state index contributed by atoms with van der Waals surface area (Å²) < 4.78 is 1.50. The third-order valence-electron chi connectivity index (χ3n) is 5.36. The monoisotopic (exact) mass is 349 g/mol. The molecule has 0 unspecified atom stereocenters. The molecular weight excluding hydrogens is 330 g/mol. The predicted molar refractivity (Wildman–Crippen MR) is 88.6 cm³/mol. The highest BCUT2D eigenvalue weighted by atomic mass is 35.5. The van der Waals surface area contributed by atoms with Gasteiger partial charge in [-0.3, -0.25) is 9.48 Å². The van der Waals surface area contributed by atoms with E-state index in [0.29, 0.717) is 24.3 Å². The first-order valence-electron chi connectivity index (χ1n) is 7.88. The summed E-state index contributed by atoms with van der Waals surface area (Å²) in [4.78, 5) is 15.8. The van der Waals surface area contributed by atoms with Crippen LogP contribution in [0.2, 0.25) is 5.02 Å². The number of carbonyl (C=O) groups is 1. The van der Waals surface area contributed by atoms with Crippen molar-refractivity contribution in [2.24, 2.45) is 11.3 Å². The summed E-state index contributed by atoms with van der Waals surface area (Å²) in [5.41, 5.74) is -1.61. The lowest BCUT2D eigenvalue weighted by Gasteiger charge is -2.40. The van der Waals surface area contributed by atoms with Gasteiger partial charge in [0.1, 0.15) is 18.3 Å². The van der Waals surface area contributed by atoms with Crippen molar-refractivity contribution in [3.8, 4) is 0 Å². The normalized spacial score (nSPS) is 29.7. The maximum atomic E-state index is 11.9. The maximum absolute atomic E-state index is 11.9. The van der Waals surface area contributed by atoms with E-state index >= 15 is 0 Å². The third kappa shape index (κ3) is 2.80. The van der Waals surface area contributed by atoms with Crippen molar-refractivity contribution in [3.05, 3.63) is 47.5 Å². The van der Waals surface area contributed by atoms with Crippen LogP contribution < -0.4 is 0 Å². The fourth-order valence-corrected chi connectivity index (χ4v) is 3.83. The molecule has 128 valence electrons. The van der Waals surface area contributed by atoms with Crippen LogP contribution in [0.1, 0.15) is 25.3 Å². The van der Waals surface area contributed by atoms with Crippen LogP contribution in [0, 0.1) is 11.3 Å². The Morgan fingerprint density at radius 2 is 2.12 bits per heavy atom. The lowest BCUT2D eigenvalue weighted by atomic mass is 9.71. The zero-order chi connectivity index (χ0) is 17.4. The molecule has 1 aliphatic rings. The van der Waals surface area contributed by atoms with E-state index in [9.17, 15) is 15.0 Å². The van der Waals surface area contributed by atoms with Crippen LogP contribution in [0.25, 0.3) is 0 Å². The van der Waals surface area contributed by atoms with Crippen LogP contribution in [0.3, 0.4) is 0 Å². The van der Waals surface area contributed by atoms with E-state index in [-0.39, 0.29) is 12.5 Å². The standard InChI is InChI=1S/C17H20ClN3O3/c1-16(15(22)23)7-6-13(8-12-2-4-14(18)5-3-12)17(16,24)9-21-11-19-10-20-21/h2-5,10-11,13,24H,6-9H2,1H3,(H,22,23)/t13-,16-,17-/m1/s1. The van der Waals surface area contributed by atoms with Crippen molar-refractivity contribution >= 4 is 17.6 Å². The molecule has 24 heavy (non-hydrogen) atoms. The second-order valence-electron chi connectivity index (χ2n) is 6.72. The van der Waals surface area contributed by atoms with Gasteiger partial charge < -0.3 is 10.2 Å². The van der Waals surface area contributed by atoms with Gasteiger partial charge in [-0.15, -0.1) is 0 Å². The molecule has 2 N–H and O–H groups in total. The van der Waals surface area contributed by atoms with Gasteiger partial charge in [0.15, 0.2) is 0 Å². The van der Waals surface area contributed by atoms with Crippen molar-refractivity contribution in [2.75, 3.05) is 0 Å². The van der Waals surface area contributed by atoms with E-state index in [0.717, 1.165) is 5.56 Å². The molecule has 1 aromatic heterocycles. The molecule has 6 nitrogen and oxygen atoms in total. The molecular formula is C17H20ClN3O3. The quantitative estimate of drug-likeness (QED) is 0.865. The maximum Gasteiger partial charge on any atom is 0.312 e. The molecule has 2 aromatic rings. The first kappa shape index (κ1) is 16.9. The highest BCUT2D eigenvalue weighted by molar-refractivity contribution is 6.30. The Kier molecular flexibility index (Phi) is 4.36. The Morgan fingerprint density at radius 3 is 2.71 bits per heavy atom. The lowest BCUT2D eigenvalue weighted by Crippen LogP contribution is -2.54.